The summed E-state index contributed by atoms with van der Waals surface area (Å²) in [7, 11) is 0. The summed E-state index contributed by atoms with van der Waals surface area (Å²) in [5, 5.41) is 8.40. The molecule has 0 radical (unpaired) electrons. The minimum absolute atomic E-state index is 0.390. The highest BCUT2D eigenvalue weighted by molar-refractivity contribution is 7.80. The number of aromatic nitrogens is 2. The zero-order valence-corrected chi connectivity index (χ0v) is 15.4. The van der Waals surface area contributed by atoms with E-state index in [1.165, 1.54) is 30.8 Å². The van der Waals surface area contributed by atoms with Crippen molar-refractivity contribution in [1.82, 2.24) is 14.5 Å². The highest BCUT2D eigenvalue weighted by atomic mass is 32.1. The summed E-state index contributed by atoms with van der Waals surface area (Å²) >= 11 is 7.15. The van der Waals surface area contributed by atoms with E-state index in [9.17, 15) is 0 Å². The van der Waals surface area contributed by atoms with Crippen molar-refractivity contribution in [3.05, 3.63) is 18.2 Å². The summed E-state index contributed by atoms with van der Waals surface area (Å²) in [6, 6.07) is 6.70. The number of likely N-dealkylation sites (tertiary alicyclic amines) is 1. The van der Waals surface area contributed by atoms with Crippen LogP contribution >= 0.6 is 23.8 Å². The first kappa shape index (κ1) is 15.3. The lowest BCUT2D eigenvalue weighted by molar-refractivity contribution is 0.132. The fourth-order valence-electron chi connectivity index (χ4n) is 4.75. The van der Waals surface area contributed by atoms with Crippen LogP contribution in [0.4, 0.5) is 5.69 Å². The number of hydrogen-bond acceptors (Lipinski definition) is 4. The van der Waals surface area contributed by atoms with Gasteiger partial charge in [-0.05, 0) is 72.0 Å². The Hall–Kier alpha value is -1.27. The molecule has 2 bridgehead atoms. The Morgan fingerprint density at radius 3 is 3.00 bits per heavy atom. The topological polar surface area (TPSA) is 41.0 Å². The van der Waals surface area contributed by atoms with Gasteiger partial charge >= 0.3 is 0 Å². The maximum Gasteiger partial charge on any atom is 0.173 e. The van der Waals surface area contributed by atoms with E-state index in [2.05, 4.69) is 52.7 Å². The van der Waals surface area contributed by atoms with Gasteiger partial charge in [0.1, 0.15) is 5.52 Å². The smallest absolute Gasteiger partial charge is 0.173 e. The van der Waals surface area contributed by atoms with Crippen LogP contribution in [0.2, 0.25) is 0 Å². The number of hydrogen-bond donors (Lipinski definition) is 1. The van der Waals surface area contributed by atoms with Crippen LogP contribution in [0.1, 0.15) is 40.0 Å². The Bertz CT molecular complexity index is 769. The predicted octanol–water partition coefficient (Wildman–Crippen LogP) is 4.29. The minimum atomic E-state index is 0.390. The third-order valence-electron chi connectivity index (χ3n) is 5.17. The molecular formula is C17H22N4S2. The summed E-state index contributed by atoms with van der Waals surface area (Å²) < 4.78 is 5.09. The second-order valence-electron chi connectivity index (χ2n) is 8.23. The molecular weight excluding hydrogens is 324 g/mol. The fraction of sp³-hybridized carbons (Fsp3) is 0.588. The second kappa shape index (κ2) is 5.11. The summed E-state index contributed by atoms with van der Waals surface area (Å²) in [4.78, 5) is 2.41. The van der Waals surface area contributed by atoms with Gasteiger partial charge in [0.15, 0.2) is 5.11 Å². The summed E-state index contributed by atoms with van der Waals surface area (Å²) in [6.07, 6.45) is 3.76. The first-order valence-corrected chi connectivity index (χ1v) is 9.32. The molecule has 0 spiro atoms. The summed E-state index contributed by atoms with van der Waals surface area (Å²) in [5.41, 5.74) is 2.73. The molecule has 1 aliphatic carbocycles. The highest BCUT2D eigenvalue weighted by Gasteiger charge is 2.50. The summed E-state index contributed by atoms with van der Waals surface area (Å²) in [5.74, 6) is 0. The van der Waals surface area contributed by atoms with Crippen molar-refractivity contribution in [2.24, 2.45) is 10.8 Å². The van der Waals surface area contributed by atoms with Crippen LogP contribution in [-0.2, 0) is 0 Å². The average Bonchev–Trinajstić information content (AvgIpc) is 2.99. The van der Waals surface area contributed by atoms with E-state index in [0.29, 0.717) is 16.9 Å². The van der Waals surface area contributed by atoms with E-state index >= 15 is 0 Å². The molecule has 0 amide bonds. The minimum Gasteiger partial charge on any atom is -0.345 e. The van der Waals surface area contributed by atoms with Crippen molar-refractivity contribution in [2.75, 3.05) is 11.9 Å². The number of nitrogens with one attached hydrogen (secondary N) is 1. The quantitative estimate of drug-likeness (QED) is 0.780. The van der Waals surface area contributed by atoms with Gasteiger partial charge in [-0.2, -0.15) is 0 Å². The monoisotopic (exact) mass is 346 g/mol. The van der Waals surface area contributed by atoms with Gasteiger partial charge in [0.2, 0.25) is 0 Å². The van der Waals surface area contributed by atoms with Crippen molar-refractivity contribution in [3.63, 3.8) is 0 Å². The predicted molar refractivity (Wildman–Crippen MR) is 99.9 cm³/mol. The van der Waals surface area contributed by atoms with Crippen LogP contribution in [0.15, 0.2) is 18.2 Å². The van der Waals surface area contributed by atoms with Crippen molar-refractivity contribution in [2.45, 2.75) is 46.1 Å². The molecule has 23 heavy (non-hydrogen) atoms. The molecule has 2 aliphatic rings. The molecule has 1 N–H and O–H groups in total. The largest absolute Gasteiger partial charge is 0.345 e. The number of benzene rings is 1. The zero-order chi connectivity index (χ0) is 16.2. The molecule has 4 nitrogen and oxygen atoms in total. The maximum atomic E-state index is 5.73. The SMILES string of the molecule is CC1(C)CC2CC(C)(CN2C(=S)Nc2ccc3snnc3c2)C1. The average molecular weight is 347 g/mol. The first-order chi connectivity index (χ1) is 10.8. The first-order valence-electron chi connectivity index (χ1n) is 8.13. The third-order valence-corrected chi connectivity index (χ3v) is 6.22. The Kier molecular flexibility index (Phi) is 3.39. The number of fused-ring (bicyclic) bond motifs is 3. The Balaban J connectivity index is 1.53. The number of nitrogens with zero attached hydrogens (tertiary/aromatic N) is 3. The molecule has 2 aromatic rings. The van der Waals surface area contributed by atoms with E-state index < -0.39 is 0 Å². The van der Waals surface area contributed by atoms with E-state index in [1.54, 1.807) is 0 Å². The Labute approximate surface area is 146 Å². The Morgan fingerprint density at radius 2 is 2.17 bits per heavy atom. The van der Waals surface area contributed by atoms with Crippen molar-refractivity contribution in [1.29, 1.82) is 0 Å². The lowest BCUT2D eigenvalue weighted by atomic mass is 9.65. The van der Waals surface area contributed by atoms with Crippen molar-refractivity contribution >= 4 is 44.8 Å². The third kappa shape index (κ3) is 2.83. The molecule has 4 rings (SSSR count). The van der Waals surface area contributed by atoms with Gasteiger partial charge in [0.05, 0.1) is 4.70 Å². The van der Waals surface area contributed by atoms with E-state index in [1.807, 2.05) is 6.07 Å². The number of rotatable bonds is 1. The molecule has 1 saturated carbocycles. The fourth-order valence-corrected chi connectivity index (χ4v) is 5.62. The molecule has 2 unspecified atom stereocenters. The molecule has 1 aromatic carbocycles. The van der Waals surface area contributed by atoms with Gasteiger partial charge in [-0.3, -0.25) is 0 Å². The lowest BCUT2D eigenvalue weighted by Crippen LogP contribution is -2.39. The maximum absolute atomic E-state index is 5.73. The summed E-state index contributed by atoms with van der Waals surface area (Å²) in [6.45, 7) is 8.26. The lowest BCUT2D eigenvalue weighted by Gasteiger charge is -2.39. The molecule has 1 aromatic heterocycles. The molecule has 1 aliphatic heterocycles. The van der Waals surface area contributed by atoms with Gasteiger partial charge in [-0.15, -0.1) is 5.10 Å². The van der Waals surface area contributed by atoms with Gasteiger partial charge < -0.3 is 10.2 Å². The highest BCUT2D eigenvalue weighted by Crippen LogP contribution is 2.52. The molecule has 2 heterocycles. The van der Waals surface area contributed by atoms with Crippen molar-refractivity contribution < 1.29 is 0 Å². The van der Waals surface area contributed by atoms with Crippen molar-refractivity contribution in [3.8, 4) is 0 Å². The molecule has 2 fully saturated rings. The van der Waals surface area contributed by atoms with Crippen LogP contribution in [0, 0.1) is 10.8 Å². The van der Waals surface area contributed by atoms with Gasteiger partial charge in [0.25, 0.3) is 0 Å². The van der Waals surface area contributed by atoms with E-state index in [0.717, 1.165) is 27.6 Å². The molecule has 2 atom stereocenters. The van der Waals surface area contributed by atoms with Gasteiger partial charge in [-0.1, -0.05) is 25.3 Å². The number of thiocarbonyl (C=S) groups is 1. The van der Waals surface area contributed by atoms with Gasteiger partial charge in [0, 0.05) is 18.3 Å². The van der Waals surface area contributed by atoms with Crippen LogP contribution in [0.25, 0.3) is 10.2 Å². The van der Waals surface area contributed by atoms with Gasteiger partial charge in [-0.25, -0.2) is 0 Å². The van der Waals surface area contributed by atoms with Crippen LogP contribution in [0.5, 0.6) is 0 Å². The molecule has 122 valence electrons. The molecule has 1 saturated heterocycles. The van der Waals surface area contributed by atoms with Crippen LogP contribution in [0.3, 0.4) is 0 Å². The normalized spacial score (nSPS) is 29.0. The standard InChI is InChI=1S/C17H22N4S2/c1-16(2)7-12-8-17(3,9-16)10-21(12)15(22)18-11-4-5-14-13(6-11)19-20-23-14/h4-6,12H,7-10H2,1-3H3,(H,18,22). The van der Waals surface area contributed by atoms with E-state index in [4.69, 9.17) is 12.2 Å². The van der Waals surface area contributed by atoms with Crippen LogP contribution in [-0.4, -0.2) is 32.2 Å². The van der Waals surface area contributed by atoms with Crippen LogP contribution < -0.4 is 5.32 Å². The van der Waals surface area contributed by atoms with E-state index in [-0.39, 0.29) is 0 Å². The number of anilines is 1. The molecule has 6 heteroatoms. The zero-order valence-electron chi connectivity index (χ0n) is 13.8. The second-order valence-corrected chi connectivity index (χ2v) is 9.40. The Morgan fingerprint density at radius 1 is 1.35 bits per heavy atom.